The summed E-state index contributed by atoms with van der Waals surface area (Å²) in [6, 6.07) is 0. The Morgan fingerprint density at radius 2 is 1.88 bits per heavy atom. The Morgan fingerprint density at radius 1 is 1.38 bits per heavy atom. The van der Waals surface area contributed by atoms with Gasteiger partial charge in [0, 0.05) is 12.4 Å². The minimum Gasteiger partial charge on any atom is -0.550 e. The van der Waals surface area contributed by atoms with Crippen LogP contribution < -0.4 is 5.11 Å². The minimum atomic E-state index is -1.28. The van der Waals surface area contributed by atoms with E-state index in [4.69, 9.17) is 9.84 Å². The lowest BCUT2D eigenvalue weighted by atomic mass is 10.2. The van der Waals surface area contributed by atoms with Gasteiger partial charge in [0.1, 0.15) is 12.6 Å². The molecule has 0 aliphatic heterocycles. The predicted octanol–water partition coefficient (Wildman–Crippen LogP) is -1.87. The molecule has 0 amide bonds. The van der Waals surface area contributed by atoms with Gasteiger partial charge in [-0.3, -0.25) is 0 Å². The molecule has 6 nitrogen and oxygen atoms in total. The van der Waals surface area contributed by atoms with Crippen LogP contribution in [0.1, 0.15) is 13.3 Å². The number of aliphatic hydroxyl groups is 1. The number of quaternary nitrogens is 1. The Morgan fingerprint density at radius 3 is 2.19 bits per heavy atom. The summed E-state index contributed by atoms with van der Waals surface area (Å²) in [5.74, 6) is -2.10. The SMILES string of the molecule is CC(O)C(=O)O[C@H](CC(=O)[O-])C[N+](C)(C)C. The number of carboxylic acid groups (broad SMARTS) is 1. The van der Waals surface area contributed by atoms with Gasteiger partial charge in [-0.2, -0.15) is 0 Å². The Labute approximate surface area is 95.0 Å². The summed E-state index contributed by atoms with van der Waals surface area (Å²) in [5, 5.41) is 19.4. The summed E-state index contributed by atoms with van der Waals surface area (Å²) in [5.41, 5.74) is 0. The number of carboxylic acids is 1. The first-order valence-electron chi connectivity index (χ1n) is 5.00. The quantitative estimate of drug-likeness (QED) is 0.429. The van der Waals surface area contributed by atoms with Crippen LogP contribution in [0, 0.1) is 0 Å². The van der Waals surface area contributed by atoms with Gasteiger partial charge >= 0.3 is 5.97 Å². The first-order valence-corrected chi connectivity index (χ1v) is 5.00. The molecule has 6 heteroatoms. The molecule has 0 aromatic heterocycles. The summed E-state index contributed by atoms with van der Waals surface area (Å²) in [7, 11) is 5.54. The largest absolute Gasteiger partial charge is 0.550 e. The maximum absolute atomic E-state index is 11.1. The molecule has 0 fully saturated rings. The van der Waals surface area contributed by atoms with E-state index in [0.717, 1.165) is 0 Å². The van der Waals surface area contributed by atoms with E-state index in [1.807, 2.05) is 21.1 Å². The topological polar surface area (TPSA) is 86.7 Å². The maximum Gasteiger partial charge on any atom is 0.335 e. The molecule has 0 heterocycles. The number of aliphatic carboxylic acids is 1. The van der Waals surface area contributed by atoms with Gasteiger partial charge in [0.15, 0.2) is 6.10 Å². The normalized spacial score (nSPS) is 15.3. The molecule has 0 aromatic rings. The molecule has 0 saturated carbocycles. The van der Waals surface area contributed by atoms with Crippen molar-refractivity contribution in [3.8, 4) is 0 Å². The van der Waals surface area contributed by atoms with Gasteiger partial charge in [0.05, 0.1) is 21.1 Å². The lowest BCUT2D eigenvalue weighted by Crippen LogP contribution is -2.45. The van der Waals surface area contributed by atoms with Crippen LogP contribution >= 0.6 is 0 Å². The second-order valence-corrected chi connectivity index (χ2v) is 4.78. The monoisotopic (exact) mass is 233 g/mol. The highest BCUT2D eigenvalue weighted by Gasteiger charge is 2.24. The molecule has 0 rings (SSSR count). The first-order chi connectivity index (χ1) is 7.11. The highest BCUT2D eigenvalue weighted by molar-refractivity contribution is 5.74. The van der Waals surface area contributed by atoms with Gasteiger partial charge in [-0.05, 0) is 6.92 Å². The third kappa shape index (κ3) is 7.19. The number of aliphatic hydroxyl groups excluding tert-OH is 1. The van der Waals surface area contributed by atoms with E-state index in [0.29, 0.717) is 11.0 Å². The fourth-order valence-electron chi connectivity index (χ4n) is 1.20. The Kier molecular flexibility index (Phi) is 5.40. The number of hydrogen-bond acceptors (Lipinski definition) is 5. The lowest BCUT2D eigenvalue weighted by molar-refractivity contribution is -0.873. The molecule has 0 spiro atoms. The smallest absolute Gasteiger partial charge is 0.335 e. The zero-order chi connectivity index (χ0) is 12.9. The van der Waals surface area contributed by atoms with Gasteiger partial charge in [0.2, 0.25) is 0 Å². The summed E-state index contributed by atoms with van der Waals surface area (Å²) in [6.45, 7) is 1.61. The van der Waals surface area contributed by atoms with E-state index < -0.39 is 24.1 Å². The number of esters is 1. The van der Waals surface area contributed by atoms with Crippen LogP contribution in [-0.4, -0.2) is 61.4 Å². The molecular weight excluding hydrogens is 214 g/mol. The summed E-state index contributed by atoms with van der Waals surface area (Å²) >= 11 is 0. The minimum absolute atomic E-state index is 0.340. The third-order valence-corrected chi connectivity index (χ3v) is 1.77. The van der Waals surface area contributed by atoms with Gasteiger partial charge in [-0.25, -0.2) is 4.79 Å². The van der Waals surface area contributed by atoms with Crippen molar-refractivity contribution < 1.29 is 29.0 Å². The van der Waals surface area contributed by atoms with Crippen molar-refractivity contribution >= 4 is 11.9 Å². The standard InChI is InChI=1S/C10H19NO5/c1-7(12)10(15)16-8(5-9(13)14)6-11(2,3)4/h7-8,12H,5-6H2,1-4H3/t7?,8-/m1/s1. The lowest BCUT2D eigenvalue weighted by Gasteiger charge is -2.29. The van der Waals surface area contributed by atoms with Gasteiger partial charge in [0.25, 0.3) is 0 Å². The Hall–Kier alpha value is -1.14. The molecular formula is C10H19NO5. The molecule has 0 radical (unpaired) electrons. The highest BCUT2D eigenvalue weighted by atomic mass is 16.6. The molecule has 1 N–H and O–H groups in total. The van der Waals surface area contributed by atoms with Crippen molar-refractivity contribution in [1.82, 2.24) is 0 Å². The van der Waals surface area contributed by atoms with Crippen molar-refractivity contribution in [3.63, 3.8) is 0 Å². The number of hydrogen-bond donors (Lipinski definition) is 1. The zero-order valence-electron chi connectivity index (χ0n) is 10.1. The van der Waals surface area contributed by atoms with Gasteiger partial charge in [-0.1, -0.05) is 0 Å². The maximum atomic E-state index is 11.1. The Balaban J connectivity index is 4.43. The first kappa shape index (κ1) is 14.9. The number of carbonyl (C=O) groups is 2. The van der Waals surface area contributed by atoms with Gasteiger partial charge < -0.3 is 24.2 Å². The van der Waals surface area contributed by atoms with Crippen LogP contribution in [0.4, 0.5) is 0 Å². The number of likely N-dealkylation sites (N-methyl/N-ethyl adjacent to an activating group) is 1. The zero-order valence-corrected chi connectivity index (χ0v) is 10.1. The van der Waals surface area contributed by atoms with Crippen LogP contribution in [0.15, 0.2) is 0 Å². The molecule has 0 aliphatic rings. The van der Waals surface area contributed by atoms with Crippen molar-refractivity contribution in [1.29, 1.82) is 0 Å². The fourth-order valence-corrected chi connectivity index (χ4v) is 1.20. The second-order valence-electron chi connectivity index (χ2n) is 4.78. The van der Waals surface area contributed by atoms with Crippen LogP contribution in [0.5, 0.6) is 0 Å². The number of rotatable bonds is 6. The van der Waals surface area contributed by atoms with Crippen LogP contribution in [0.3, 0.4) is 0 Å². The average Bonchev–Trinajstić information content (AvgIpc) is 1.98. The van der Waals surface area contributed by atoms with E-state index in [-0.39, 0.29) is 6.42 Å². The van der Waals surface area contributed by atoms with Crippen molar-refractivity contribution in [2.75, 3.05) is 27.7 Å². The molecule has 0 bridgehead atoms. The third-order valence-electron chi connectivity index (χ3n) is 1.77. The second kappa shape index (κ2) is 5.81. The van der Waals surface area contributed by atoms with Crippen LogP contribution in [0.2, 0.25) is 0 Å². The average molecular weight is 233 g/mol. The summed E-state index contributed by atoms with van der Waals surface area (Å²) in [4.78, 5) is 21.6. The van der Waals surface area contributed by atoms with E-state index in [2.05, 4.69) is 0 Å². The van der Waals surface area contributed by atoms with Crippen molar-refractivity contribution in [2.24, 2.45) is 0 Å². The van der Waals surface area contributed by atoms with Crippen LogP contribution in [-0.2, 0) is 14.3 Å². The van der Waals surface area contributed by atoms with Crippen molar-refractivity contribution in [3.05, 3.63) is 0 Å². The molecule has 0 aromatic carbocycles. The predicted molar refractivity (Wildman–Crippen MR) is 54.1 cm³/mol. The number of ether oxygens (including phenoxy) is 1. The molecule has 1 unspecified atom stereocenters. The summed E-state index contributed by atoms with van der Waals surface area (Å²) < 4.78 is 5.32. The van der Waals surface area contributed by atoms with E-state index >= 15 is 0 Å². The van der Waals surface area contributed by atoms with Crippen molar-refractivity contribution in [2.45, 2.75) is 25.6 Å². The molecule has 0 aliphatic carbocycles. The molecule has 94 valence electrons. The number of nitrogens with zero attached hydrogens (tertiary/aromatic N) is 1. The number of carbonyl (C=O) groups excluding carboxylic acids is 2. The molecule has 0 saturated heterocycles. The highest BCUT2D eigenvalue weighted by Crippen LogP contribution is 2.05. The molecule has 2 atom stereocenters. The van der Waals surface area contributed by atoms with E-state index in [1.165, 1.54) is 6.92 Å². The molecule has 16 heavy (non-hydrogen) atoms. The Bertz CT molecular complexity index is 256. The van der Waals surface area contributed by atoms with E-state index in [9.17, 15) is 14.7 Å². The fraction of sp³-hybridized carbons (Fsp3) is 0.800. The summed E-state index contributed by atoms with van der Waals surface area (Å²) in [6.07, 6.45) is -2.41. The van der Waals surface area contributed by atoms with E-state index in [1.54, 1.807) is 0 Å². The van der Waals surface area contributed by atoms with Gasteiger partial charge in [-0.15, -0.1) is 0 Å². The van der Waals surface area contributed by atoms with Crippen LogP contribution in [0.25, 0.3) is 0 Å².